The van der Waals surface area contributed by atoms with Crippen molar-refractivity contribution >= 4 is 17.5 Å². The van der Waals surface area contributed by atoms with Gasteiger partial charge < -0.3 is 10.6 Å². The van der Waals surface area contributed by atoms with Gasteiger partial charge in [-0.3, -0.25) is 14.5 Å². The third kappa shape index (κ3) is 5.85. The molecule has 1 heterocycles. The zero-order valence-corrected chi connectivity index (χ0v) is 15.7. The van der Waals surface area contributed by atoms with Crippen molar-refractivity contribution in [2.45, 2.75) is 71.5 Å². The highest BCUT2D eigenvalue weighted by atomic mass is 16.2. The lowest BCUT2D eigenvalue weighted by molar-refractivity contribution is -0.128. The number of nitrogens with zero attached hydrogens (tertiary/aromatic N) is 1. The van der Waals surface area contributed by atoms with E-state index in [0.717, 1.165) is 37.1 Å². The Hall–Kier alpha value is -1.88. The number of carbonyl (C=O) groups excluding carboxylic acids is 2. The lowest BCUT2D eigenvalue weighted by Crippen LogP contribution is -2.51. The summed E-state index contributed by atoms with van der Waals surface area (Å²) >= 11 is 0. The third-order valence-electron chi connectivity index (χ3n) is 4.66. The Morgan fingerprint density at radius 3 is 2.80 bits per heavy atom. The molecule has 5 nitrogen and oxygen atoms in total. The molecule has 1 atom stereocenters. The molecule has 0 bridgehead atoms. The van der Waals surface area contributed by atoms with Gasteiger partial charge in [0.2, 0.25) is 11.8 Å². The largest absolute Gasteiger partial charge is 0.351 e. The van der Waals surface area contributed by atoms with Crippen molar-refractivity contribution in [2.75, 3.05) is 11.9 Å². The molecule has 2 N–H and O–H groups in total. The summed E-state index contributed by atoms with van der Waals surface area (Å²) in [7, 11) is 0. The summed E-state index contributed by atoms with van der Waals surface area (Å²) < 4.78 is 0. The van der Waals surface area contributed by atoms with Crippen LogP contribution in [-0.4, -0.2) is 35.3 Å². The standard InChI is InChI=1S/C20H31N3O2/c1-4-8-19(24)22-17-10-7-9-16(13-17)14-21-20(25)18-11-5-6-12-23(18)15(2)3/h7,9-10,13,15,18H,4-6,8,11-12,14H2,1-3H3,(H,21,25)(H,22,24). The van der Waals surface area contributed by atoms with Crippen molar-refractivity contribution in [3.63, 3.8) is 0 Å². The zero-order chi connectivity index (χ0) is 18.2. The van der Waals surface area contributed by atoms with Gasteiger partial charge in [-0.1, -0.05) is 25.5 Å². The molecular formula is C20H31N3O2. The van der Waals surface area contributed by atoms with Crippen LogP contribution in [0.1, 0.15) is 58.4 Å². The van der Waals surface area contributed by atoms with Crippen molar-refractivity contribution in [1.82, 2.24) is 10.2 Å². The molecule has 1 unspecified atom stereocenters. The number of likely N-dealkylation sites (tertiary alicyclic amines) is 1. The summed E-state index contributed by atoms with van der Waals surface area (Å²) in [6.07, 6.45) is 4.56. The van der Waals surface area contributed by atoms with Crippen LogP contribution in [-0.2, 0) is 16.1 Å². The Morgan fingerprint density at radius 1 is 1.28 bits per heavy atom. The first kappa shape index (κ1) is 19.4. The second-order valence-corrected chi connectivity index (χ2v) is 7.06. The summed E-state index contributed by atoms with van der Waals surface area (Å²) in [6.45, 7) is 7.76. The van der Waals surface area contributed by atoms with E-state index in [1.165, 1.54) is 6.42 Å². The highest BCUT2D eigenvalue weighted by Gasteiger charge is 2.29. The van der Waals surface area contributed by atoms with Crippen molar-refractivity contribution in [3.05, 3.63) is 29.8 Å². The minimum Gasteiger partial charge on any atom is -0.351 e. The number of benzene rings is 1. The molecule has 1 fully saturated rings. The minimum atomic E-state index is -0.0267. The SMILES string of the molecule is CCCC(=O)Nc1cccc(CNC(=O)C2CCCCN2C(C)C)c1. The average molecular weight is 345 g/mol. The van der Waals surface area contributed by atoms with Gasteiger partial charge in [0.15, 0.2) is 0 Å². The van der Waals surface area contributed by atoms with E-state index in [9.17, 15) is 9.59 Å². The van der Waals surface area contributed by atoms with Gasteiger partial charge in [-0.15, -0.1) is 0 Å². The van der Waals surface area contributed by atoms with E-state index in [0.29, 0.717) is 19.0 Å². The maximum Gasteiger partial charge on any atom is 0.237 e. The van der Waals surface area contributed by atoms with Crippen LogP contribution in [0.15, 0.2) is 24.3 Å². The first-order valence-electron chi connectivity index (χ1n) is 9.43. The van der Waals surface area contributed by atoms with Crippen LogP contribution in [0.4, 0.5) is 5.69 Å². The molecule has 1 aromatic rings. The highest BCUT2D eigenvalue weighted by molar-refractivity contribution is 5.90. The first-order valence-corrected chi connectivity index (χ1v) is 9.43. The third-order valence-corrected chi connectivity index (χ3v) is 4.66. The normalized spacial score (nSPS) is 18.2. The smallest absolute Gasteiger partial charge is 0.237 e. The second kappa shape index (κ2) is 9.56. The molecular weight excluding hydrogens is 314 g/mol. The summed E-state index contributed by atoms with van der Waals surface area (Å²) in [5.41, 5.74) is 1.78. The molecule has 0 aromatic heterocycles. The molecule has 0 saturated carbocycles. The summed E-state index contributed by atoms with van der Waals surface area (Å²) in [6, 6.07) is 8.03. The van der Waals surface area contributed by atoms with Crippen molar-refractivity contribution < 1.29 is 9.59 Å². The van der Waals surface area contributed by atoms with Gasteiger partial charge in [-0.05, 0) is 57.4 Å². The number of piperidine rings is 1. The Bertz CT molecular complexity index is 586. The Balaban J connectivity index is 1.91. The van der Waals surface area contributed by atoms with E-state index in [1.54, 1.807) is 0 Å². The van der Waals surface area contributed by atoms with E-state index in [-0.39, 0.29) is 17.9 Å². The van der Waals surface area contributed by atoms with Crippen molar-refractivity contribution in [2.24, 2.45) is 0 Å². The van der Waals surface area contributed by atoms with Crippen molar-refractivity contribution in [3.8, 4) is 0 Å². The molecule has 25 heavy (non-hydrogen) atoms. The van der Waals surface area contributed by atoms with Crippen LogP contribution in [0.3, 0.4) is 0 Å². The number of rotatable bonds is 7. The van der Waals surface area contributed by atoms with E-state index in [2.05, 4.69) is 29.4 Å². The van der Waals surface area contributed by atoms with Crippen LogP contribution in [0.2, 0.25) is 0 Å². The highest BCUT2D eigenvalue weighted by Crippen LogP contribution is 2.20. The maximum absolute atomic E-state index is 12.6. The van der Waals surface area contributed by atoms with Gasteiger partial charge in [0.05, 0.1) is 6.04 Å². The first-order chi connectivity index (χ1) is 12.0. The number of carbonyl (C=O) groups is 2. The monoisotopic (exact) mass is 345 g/mol. The predicted octanol–water partition coefficient (Wildman–Crippen LogP) is 3.30. The Morgan fingerprint density at radius 2 is 2.08 bits per heavy atom. The molecule has 0 aliphatic carbocycles. The van der Waals surface area contributed by atoms with Gasteiger partial charge in [0.1, 0.15) is 0 Å². The van der Waals surface area contributed by atoms with E-state index >= 15 is 0 Å². The summed E-state index contributed by atoms with van der Waals surface area (Å²) in [4.78, 5) is 26.6. The summed E-state index contributed by atoms with van der Waals surface area (Å²) in [5, 5.41) is 5.96. The van der Waals surface area contributed by atoms with Gasteiger partial charge >= 0.3 is 0 Å². The molecule has 1 aliphatic rings. The minimum absolute atomic E-state index is 0.0264. The fourth-order valence-corrected chi connectivity index (χ4v) is 3.37. The lowest BCUT2D eigenvalue weighted by atomic mass is 9.99. The van der Waals surface area contributed by atoms with E-state index in [1.807, 2.05) is 31.2 Å². The van der Waals surface area contributed by atoms with Gasteiger partial charge in [0, 0.05) is 24.7 Å². The topological polar surface area (TPSA) is 61.4 Å². The maximum atomic E-state index is 12.6. The number of amides is 2. The van der Waals surface area contributed by atoms with E-state index < -0.39 is 0 Å². The van der Waals surface area contributed by atoms with Crippen LogP contribution >= 0.6 is 0 Å². The van der Waals surface area contributed by atoms with Gasteiger partial charge in [0.25, 0.3) is 0 Å². The fraction of sp³-hybridized carbons (Fsp3) is 0.600. The number of hydrogen-bond acceptors (Lipinski definition) is 3. The average Bonchev–Trinajstić information content (AvgIpc) is 2.60. The molecule has 2 amide bonds. The molecule has 5 heteroatoms. The van der Waals surface area contributed by atoms with Crippen LogP contribution < -0.4 is 10.6 Å². The van der Waals surface area contributed by atoms with Crippen LogP contribution in [0.25, 0.3) is 0 Å². The summed E-state index contributed by atoms with van der Waals surface area (Å²) in [5.74, 6) is 0.132. The molecule has 1 aliphatic heterocycles. The molecule has 1 aromatic carbocycles. The quantitative estimate of drug-likeness (QED) is 0.797. The number of nitrogens with one attached hydrogen (secondary N) is 2. The molecule has 2 rings (SSSR count). The Kier molecular flexibility index (Phi) is 7.44. The molecule has 0 spiro atoms. The lowest BCUT2D eigenvalue weighted by Gasteiger charge is -2.37. The van der Waals surface area contributed by atoms with Crippen LogP contribution in [0.5, 0.6) is 0 Å². The van der Waals surface area contributed by atoms with Crippen molar-refractivity contribution in [1.29, 1.82) is 0 Å². The second-order valence-electron chi connectivity index (χ2n) is 7.06. The molecule has 1 saturated heterocycles. The zero-order valence-electron chi connectivity index (χ0n) is 15.7. The Labute approximate surface area is 151 Å². The fourth-order valence-electron chi connectivity index (χ4n) is 3.37. The van der Waals surface area contributed by atoms with E-state index in [4.69, 9.17) is 0 Å². The predicted molar refractivity (Wildman–Crippen MR) is 101 cm³/mol. The number of hydrogen-bond donors (Lipinski definition) is 2. The molecule has 138 valence electrons. The van der Waals surface area contributed by atoms with Crippen LogP contribution in [0, 0.1) is 0 Å². The molecule has 0 radical (unpaired) electrons. The van der Waals surface area contributed by atoms with Gasteiger partial charge in [-0.2, -0.15) is 0 Å². The van der Waals surface area contributed by atoms with Gasteiger partial charge in [-0.25, -0.2) is 0 Å². The number of anilines is 1.